The van der Waals surface area contributed by atoms with Crippen molar-refractivity contribution >= 4 is 17.8 Å². The van der Waals surface area contributed by atoms with E-state index in [1.165, 1.54) is 14.2 Å². The van der Waals surface area contributed by atoms with E-state index in [0.717, 1.165) is 5.69 Å². The van der Waals surface area contributed by atoms with Crippen molar-refractivity contribution < 1.29 is 33.3 Å². The Kier molecular flexibility index (Phi) is 9.44. The lowest BCUT2D eigenvalue weighted by atomic mass is 10.1. The Balaban J connectivity index is 1.74. The molecule has 36 heavy (non-hydrogen) atoms. The Bertz CT molecular complexity index is 1190. The molecule has 1 aromatic heterocycles. The van der Waals surface area contributed by atoms with Gasteiger partial charge in [-0.05, 0) is 43.2 Å². The predicted molar refractivity (Wildman–Crippen MR) is 131 cm³/mol. The molecule has 0 aliphatic rings. The van der Waals surface area contributed by atoms with Gasteiger partial charge in [-0.1, -0.05) is 24.3 Å². The highest BCUT2D eigenvalue weighted by Crippen LogP contribution is 2.34. The van der Waals surface area contributed by atoms with Gasteiger partial charge in [0, 0.05) is 24.7 Å². The van der Waals surface area contributed by atoms with Crippen molar-refractivity contribution in [1.82, 2.24) is 15.1 Å². The molecule has 0 atom stereocenters. The molecule has 3 aromatic rings. The molecule has 2 aromatic carbocycles. The number of carbonyl (C=O) groups is 3. The Labute approximate surface area is 209 Å². The van der Waals surface area contributed by atoms with E-state index < -0.39 is 18.5 Å². The maximum absolute atomic E-state index is 13.0. The fraction of sp³-hybridized carbons (Fsp3) is 0.308. The Morgan fingerprint density at radius 1 is 0.972 bits per heavy atom. The van der Waals surface area contributed by atoms with Crippen molar-refractivity contribution in [3.05, 3.63) is 60.4 Å². The van der Waals surface area contributed by atoms with E-state index in [-0.39, 0.29) is 24.6 Å². The fourth-order valence-corrected chi connectivity index (χ4v) is 3.40. The van der Waals surface area contributed by atoms with E-state index in [9.17, 15) is 14.4 Å². The normalized spacial score (nSPS) is 10.4. The van der Waals surface area contributed by atoms with Gasteiger partial charge in [-0.2, -0.15) is 5.10 Å². The number of para-hydroxylation sites is 1. The zero-order chi connectivity index (χ0) is 25.9. The standard InChI is InChI=1S/C26H29N3O7/c1-4-35-24(31)11-8-14-27-23(30)17-36-26(32)25-20(16-29(28-25)19-9-6-5-7-10-19)18-12-13-21(33-2)22(15-18)34-3/h5-7,9-10,12-13,15-16H,4,8,11,14,17H2,1-3H3,(H,27,30). The van der Waals surface area contributed by atoms with Crippen LogP contribution in [0.5, 0.6) is 11.5 Å². The van der Waals surface area contributed by atoms with Crippen molar-refractivity contribution in [1.29, 1.82) is 0 Å². The lowest BCUT2D eigenvalue weighted by Crippen LogP contribution is -2.30. The van der Waals surface area contributed by atoms with Crippen LogP contribution in [0.4, 0.5) is 0 Å². The first kappa shape index (κ1) is 26.3. The van der Waals surface area contributed by atoms with Gasteiger partial charge in [0.15, 0.2) is 23.8 Å². The van der Waals surface area contributed by atoms with Gasteiger partial charge in [-0.15, -0.1) is 0 Å². The third kappa shape index (κ3) is 6.84. The molecule has 3 rings (SSSR count). The zero-order valence-electron chi connectivity index (χ0n) is 20.5. The molecule has 190 valence electrons. The minimum atomic E-state index is -0.754. The fourth-order valence-electron chi connectivity index (χ4n) is 3.40. The van der Waals surface area contributed by atoms with Crippen LogP contribution in [0, 0.1) is 0 Å². The number of amides is 1. The molecule has 1 N–H and O–H groups in total. The van der Waals surface area contributed by atoms with E-state index >= 15 is 0 Å². The van der Waals surface area contributed by atoms with Gasteiger partial charge in [0.2, 0.25) is 0 Å². The molecule has 0 aliphatic heterocycles. The molecule has 10 heteroatoms. The lowest BCUT2D eigenvalue weighted by Gasteiger charge is -2.10. The van der Waals surface area contributed by atoms with Crippen LogP contribution in [0.3, 0.4) is 0 Å². The quantitative estimate of drug-likeness (QED) is 0.301. The number of rotatable bonds is 12. The van der Waals surface area contributed by atoms with E-state index in [1.807, 2.05) is 30.3 Å². The minimum Gasteiger partial charge on any atom is -0.493 e. The van der Waals surface area contributed by atoms with Crippen LogP contribution in [0.2, 0.25) is 0 Å². The highest BCUT2D eigenvalue weighted by Gasteiger charge is 2.22. The molecule has 0 bridgehead atoms. The number of methoxy groups -OCH3 is 2. The van der Waals surface area contributed by atoms with E-state index in [2.05, 4.69) is 10.4 Å². The molecule has 1 amide bonds. The summed E-state index contributed by atoms with van der Waals surface area (Å²) in [5, 5.41) is 7.04. The van der Waals surface area contributed by atoms with Crippen LogP contribution >= 0.6 is 0 Å². The predicted octanol–water partition coefficient (Wildman–Crippen LogP) is 3.17. The second kappa shape index (κ2) is 12.9. The van der Waals surface area contributed by atoms with Crippen molar-refractivity contribution in [2.75, 3.05) is 34.0 Å². The minimum absolute atomic E-state index is 0.0428. The van der Waals surface area contributed by atoms with E-state index in [0.29, 0.717) is 35.7 Å². The summed E-state index contributed by atoms with van der Waals surface area (Å²) in [6.45, 7) is 1.82. The summed E-state index contributed by atoms with van der Waals surface area (Å²) in [6.07, 6.45) is 2.32. The van der Waals surface area contributed by atoms with Crippen molar-refractivity contribution in [3.63, 3.8) is 0 Å². The third-order valence-corrected chi connectivity index (χ3v) is 5.14. The number of aromatic nitrogens is 2. The van der Waals surface area contributed by atoms with Crippen molar-refractivity contribution in [3.8, 4) is 28.3 Å². The first-order valence-corrected chi connectivity index (χ1v) is 11.4. The second-order valence-corrected chi connectivity index (χ2v) is 7.58. The maximum atomic E-state index is 13.0. The van der Waals surface area contributed by atoms with Gasteiger partial charge in [-0.3, -0.25) is 9.59 Å². The maximum Gasteiger partial charge on any atom is 0.360 e. The summed E-state index contributed by atoms with van der Waals surface area (Å²) in [5.41, 5.74) is 1.95. The first-order chi connectivity index (χ1) is 17.5. The van der Waals surface area contributed by atoms with Crippen molar-refractivity contribution in [2.45, 2.75) is 19.8 Å². The van der Waals surface area contributed by atoms with Gasteiger partial charge in [-0.25, -0.2) is 9.48 Å². The number of hydrogen-bond donors (Lipinski definition) is 1. The summed E-state index contributed by atoms with van der Waals surface area (Å²) >= 11 is 0. The Hall–Kier alpha value is -4.34. The molecular formula is C26H29N3O7. The first-order valence-electron chi connectivity index (χ1n) is 11.4. The van der Waals surface area contributed by atoms with Crippen LogP contribution in [-0.4, -0.2) is 61.6 Å². The Morgan fingerprint density at radius 3 is 2.42 bits per heavy atom. The summed E-state index contributed by atoms with van der Waals surface area (Å²) in [6, 6.07) is 14.5. The number of esters is 2. The average Bonchev–Trinajstić information content (AvgIpc) is 3.35. The smallest absolute Gasteiger partial charge is 0.360 e. The number of nitrogens with one attached hydrogen (secondary N) is 1. The zero-order valence-corrected chi connectivity index (χ0v) is 20.5. The number of carbonyl (C=O) groups excluding carboxylic acids is 3. The molecule has 0 unspecified atom stereocenters. The summed E-state index contributed by atoms with van der Waals surface area (Å²) in [7, 11) is 3.06. The molecule has 0 radical (unpaired) electrons. The lowest BCUT2D eigenvalue weighted by molar-refractivity contribution is -0.143. The second-order valence-electron chi connectivity index (χ2n) is 7.58. The van der Waals surface area contributed by atoms with E-state index in [4.69, 9.17) is 18.9 Å². The monoisotopic (exact) mass is 495 g/mol. The molecular weight excluding hydrogens is 466 g/mol. The van der Waals surface area contributed by atoms with Crippen LogP contribution in [0.15, 0.2) is 54.7 Å². The molecule has 0 spiro atoms. The van der Waals surface area contributed by atoms with Crippen LogP contribution in [0.1, 0.15) is 30.3 Å². The van der Waals surface area contributed by atoms with Crippen LogP contribution < -0.4 is 14.8 Å². The van der Waals surface area contributed by atoms with Gasteiger partial charge in [0.1, 0.15) is 0 Å². The summed E-state index contributed by atoms with van der Waals surface area (Å²) < 4.78 is 22.3. The summed E-state index contributed by atoms with van der Waals surface area (Å²) in [5.74, 6) is -0.530. The van der Waals surface area contributed by atoms with Crippen LogP contribution in [0.25, 0.3) is 16.8 Å². The van der Waals surface area contributed by atoms with Crippen LogP contribution in [-0.2, 0) is 19.1 Å². The van der Waals surface area contributed by atoms with Gasteiger partial charge >= 0.3 is 11.9 Å². The van der Waals surface area contributed by atoms with Gasteiger partial charge in [0.05, 0.1) is 26.5 Å². The SMILES string of the molecule is CCOC(=O)CCCNC(=O)COC(=O)c1nn(-c2ccccc2)cc1-c1ccc(OC)c(OC)c1. The number of benzene rings is 2. The highest BCUT2D eigenvalue weighted by atomic mass is 16.5. The molecule has 1 heterocycles. The molecule has 0 saturated carbocycles. The number of nitrogens with zero attached hydrogens (tertiary/aromatic N) is 2. The topological polar surface area (TPSA) is 118 Å². The highest BCUT2D eigenvalue weighted by molar-refractivity contribution is 5.96. The third-order valence-electron chi connectivity index (χ3n) is 5.14. The number of hydrogen-bond acceptors (Lipinski definition) is 8. The number of ether oxygens (including phenoxy) is 4. The molecule has 0 saturated heterocycles. The van der Waals surface area contributed by atoms with Gasteiger partial charge < -0.3 is 24.3 Å². The van der Waals surface area contributed by atoms with Gasteiger partial charge in [0.25, 0.3) is 5.91 Å². The molecule has 0 aliphatic carbocycles. The van der Waals surface area contributed by atoms with E-state index in [1.54, 1.807) is 36.0 Å². The van der Waals surface area contributed by atoms with Crippen molar-refractivity contribution in [2.24, 2.45) is 0 Å². The molecule has 0 fully saturated rings. The largest absolute Gasteiger partial charge is 0.493 e. The molecule has 10 nitrogen and oxygen atoms in total. The Morgan fingerprint density at radius 2 is 1.72 bits per heavy atom. The summed E-state index contributed by atoms with van der Waals surface area (Å²) in [4.78, 5) is 36.4. The average molecular weight is 496 g/mol.